The Morgan fingerprint density at radius 1 is 0.833 bits per heavy atom. The number of hydrogen-bond donors (Lipinski definition) is 2. The van der Waals surface area contributed by atoms with Gasteiger partial charge in [-0.15, -0.1) is 0 Å². The summed E-state index contributed by atoms with van der Waals surface area (Å²) in [5, 5.41) is 3.36. The lowest BCUT2D eigenvalue weighted by atomic mass is 10.0. The van der Waals surface area contributed by atoms with Crippen LogP contribution in [0.4, 0.5) is 5.69 Å². The number of rotatable bonds is 4. The number of aryl methyl sites for hydroxylation is 1. The zero-order valence-corrected chi connectivity index (χ0v) is 15.1. The van der Waals surface area contributed by atoms with Crippen LogP contribution in [-0.4, -0.2) is 4.99 Å². The lowest BCUT2D eigenvalue weighted by Crippen LogP contribution is -2.10. The van der Waals surface area contributed by atoms with Crippen LogP contribution in [0.2, 0.25) is 0 Å². The molecule has 0 saturated carbocycles. The van der Waals surface area contributed by atoms with Crippen LogP contribution < -0.4 is 5.32 Å². The van der Waals surface area contributed by atoms with Crippen molar-refractivity contribution in [3.05, 3.63) is 101 Å². The van der Waals surface area contributed by atoms with Gasteiger partial charge in [-0.2, -0.15) is 12.6 Å². The highest BCUT2D eigenvalue weighted by Crippen LogP contribution is 2.28. The lowest BCUT2D eigenvalue weighted by Gasteiger charge is -2.13. The van der Waals surface area contributed by atoms with E-state index in [1.54, 1.807) is 0 Å². The predicted octanol–water partition coefficient (Wildman–Crippen LogP) is 5.80. The Labute approximate surface area is 154 Å². The number of nitrogens with one attached hydrogen (secondary N) is 1. The van der Waals surface area contributed by atoms with E-state index in [0.29, 0.717) is 0 Å². The standard InChI is InChI=1S/C21H19NS2/c1-15-7-9-18(10-8-15)21(24)22-19-13-11-17(12-14-19)20(23)16-5-3-2-4-6-16/h2-14,20,23H,1H3,(H,22,24). The third-order valence-electron chi connectivity index (χ3n) is 3.91. The van der Waals surface area contributed by atoms with Crippen molar-refractivity contribution in [1.82, 2.24) is 0 Å². The molecule has 0 bridgehead atoms. The number of thiocarbonyl (C=S) groups is 1. The van der Waals surface area contributed by atoms with Crippen LogP contribution in [0.25, 0.3) is 0 Å². The maximum atomic E-state index is 5.48. The molecule has 0 aromatic heterocycles. The van der Waals surface area contributed by atoms with E-state index in [9.17, 15) is 0 Å². The molecule has 0 spiro atoms. The van der Waals surface area contributed by atoms with Crippen LogP contribution in [0.3, 0.4) is 0 Å². The van der Waals surface area contributed by atoms with Crippen molar-refractivity contribution in [3.63, 3.8) is 0 Å². The smallest absolute Gasteiger partial charge is 0.110 e. The molecule has 3 aromatic rings. The first-order valence-corrected chi connectivity index (χ1v) is 8.77. The molecule has 0 saturated heterocycles. The second kappa shape index (κ2) is 7.65. The first kappa shape index (κ1) is 16.7. The van der Waals surface area contributed by atoms with Gasteiger partial charge in [0.1, 0.15) is 4.99 Å². The Morgan fingerprint density at radius 2 is 1.42 bits per heavy atom. The third-order valence-corrected chi connectivity index (χ3v) is 4.85. The van der Waals surface area contributed by atoms with E-state index in [4.69, 9.17) is 24.8 Å². The van der Waals surface area contributed by atoms with Crippen molar-refractivity contribution in [2.75, 3.05) is 5.32 Å². The van der Waals surface area contributed by atoms with E-state index in [1.165, 1.54) is 11.1 Å². The van der Waals surface area contributed by atoms with E-state index in [-0.39, 0.29) is 5.25 Å². The molecular weight excluding hydrogens is 330 g/mol. The SMILES string of the molecule is Cc1ccc(C(=S)Nc2ccc(C(S)c3ccccc3)cc2)cc1. The zero-order chi connectivity index (χ0) is 16.9. The fraction of sp³-hybridized carbons (Fsp3) is 0.0952. The molecule has 0 aliphatic heterocycles. The molecule has 3 aromatic carbocycles. The van der Waals surface area contributed by atoms with Gasteiger partial charge in [0.05, 0.1) is 5.25 Å². The maximum Gasteiger partial charge on any atom is 0.110 e. The van der Waals surface area contributed by atoms with Crippen LogP contribution in [0.15, 0.2) is 78.9 Å². The Bertz CT molecular complexity index is 809. The van der Waals surface area contributed by atoms with Gasteiger partial charge in [-0.05, 0) is 30.2 Å². The number of hydrogen-bond acceptors (Lipinski definition) is 2. The molecule has 120 valence electrons. The molecule has 0 heterocycles. The van der Waals surface area contributed by atoms with Crippen molar-refractivity contribution in [2.45, 2.75) is 12.2 Å². The summed E-state index contributed by atoms with van der Waals surface area (Å²) in [4.78, 5) is 0.730. The average Bonchev–Trinajstić information content (AvgIpc) is 2.63. The van der Waals surface area contributed by atoms with Gasteiger partial charge in [0.15, 0.2) is 0 Å². The van der Waals surface area contributed by atoms with E-state index in [2.05, 4.69) is 48.6 Å². The monoisotopic (exact) mass is 349 g/mol. The Kier molecular flexibility index (Phi) is 5.34. The number of thiol groups is 1. The van der Waals surface area contributed by atoms with Gasteiger partial charge >= 0.3 is 0 Å². The van der Waals surface area contributed by atoms with E-state index < -0.39 is 0 Å². The molecule has 1 atom stereocenters. The molecule has 0 amide bonds. The van der Waals surface area contributed by atoms with Crippen molar-refractivity contribution in [1.29, 1.82) is 0 Å². The largest absolute Gasteiger partial charge is 0.346 e. The van der Waals surface area contributed by atoms with Crippen molar-refractivity contribution in [2.24, 2.45) is 0 Å². The molecule has 3 rings (SSSR count). The molecule has 24 heavy (non-hydrogen) atoms. The summed E-state index contributed by atoms with van der Waals surface area (Å²) in [6.45, 7) is 2.07. The minimum atomic E-state index is 0.0734. The first-order chi connectivity index (χ1) is 11.6. The predicted molar refractivity (Wildman–Crippen MR) is 110 cm³/mol. The fourth-order valence-corrected chi connectivity index (χ4v) is 3.08. The number of anilines is 1. The second-order valence-corrected chi connectivity index (χ2v) is 6.68. The summed E-state index contributed by atoms with van der Waals surface area (Å²) < 4.78 is 0. The van der Waals surface area contributed by atoms with Gasteiger partial charge in [-0.1, -0.05) is 84.5 Å². The highest BCUT2D eigenvalue weighted by Gasteiger charge is 2.09. The van der Waals surface area contributed by atoms with Crippen molar-refractivity contribution < 1.29 is 0 Å². The lowest BCUT2D eigenvalue weighted by molar-refractivity contribution is 1.17. The minimum Gasteiger partial charge on any atom is -0.346 e. The molecule has 3 heteroatoms. The van der Waals surface area contributed by atoms with Gasteiger partial charge in [0.2, 0.25) is 0 Å². The molecule has 1 N–H and O–H groups in total. The Morgan fingerprint density at radius 3 is 2.04 bits per heavy atom. The third kappa shape index (κ3) is 4.05. The normalized spacial score (nSPS) is 11.8. The molecule has 0 radical (unpaired) electrons. The van der Waals surface area contributed by atoms with Crippen LogP contribution in [-0.2, 0) is 0 Å². The summed E-state index contributed by atoms with van der Waals surface area (Å²) in [7, 11) is 0. The zero-order valence-electron chi connectivity index (χ0n) is 13.4. The highest BCUT2D eigenvalue weighted by molar-refractivity contribution is 7.81. The molecule has 0 aliphatic carbocycles. The molecule has 1 unspecified atom stereocenters. The van der Waals surface area contributed by atoms with Gasteiger partial charge in [0.25, 0.3) is 0 Å². The van der Waals surface area contributed by atoms with E-state index in [0.717, 1.165) is 21.8 Å². The summed E-state index contributed by atoms with van der Waals surface area (Å²) in [5.74, 6) is 0. The quantitative estimate of drug-likeness (QED) is 0.456. The van der Waals surface area contributed by atoms with Crippen LogP contribution in [0, 0.1) is 6.92 Å². The fourth-order valence-electron chi connectivity index (χ4n) is 2.48. The topological polar surface area (TPSA) is 12.0 Å². The molecule has 0 aliphatic rings. The number of benzene rings is 3. The summed E-state index contributed by atoms with van der Waals surface area (Å²) in [6, 6.07) is 26.8. The van der Waals surface area contributed by atoms with Gasteiger partial charge in [-0.3, -0.25) is 0 Å². The molecule has 1 nitrogen and oxygen atoms in total. The summed E-state index contributed by atoms with van der Waals surface area (Å²) in [6.07, 6.45) is 0. The molecule has 0 fully saturated rings. The molecular formula is C21H19NS2. The van der Waals surface area contributed by atoms with E-state index >= 15 is 0 Å². The highest BCUT2D eigenvalue weighted by atomic mass is 32.1. The van der Waals surface area contributed by atoms with Gasteiger partial charge in [0, 0.05) is 11.3 Å². The van der Waals surface area contributed by atoms with Crippen molar-refractivity contribution in [3.8, 4) is 0 Å². The van der Waals surface area contributed by atoms with Crippen LogP contribution in [0.5, 0.6) is 0 Å². The minimum absolute atomic E-state index is 0.0734. The summed E-state index contributed by atoms with van der Waals surface area (Å²) in [5.41, 5.74) is 5.59. The Hall–Kier alpha value is -2.10. The first-order valence-electron chi connectivity index (χ1n) is 7.84. The average molecular weight is 350 g/mol. The van der Waals surface area contributed by atoms with Crippen LogP contribution in [0.1, 0.15) is 27.5 Å². The Balaban J connectivity index is 1.70. The van der Waals surface area contributed by atoms with Crippen molar-refractivity contribution >= 4 is 35.5 Å². The van der Waals surface area contributed by atoms with Crippen LogP contribution >= 0.6 is 24.8 Å². The second-order valence-electron chi connectivity index (χ2n) is 5.76. The van der Waals surface area contributed by atoms with E-state index in [1.807, 2.05) is 42.5 Å². The summed E-state index contributed by atoms with van der Waals surface area (Å²) >= 11 is 10.2. The van der Waals surface area contributed by atoms with Gasteiger partial charge < -0.3 is 5.32 Å². The van der Waals surface area contributed by atoms with Gasteiger partial charge in [-0.25, -0.2) is 0 Å². The maximum absolute atomic E-state index is 5.48.